The van der Waals surface area contributed by atoms with Gasteiger partial charge in [0.2, 0.25) is 0 Å². The summed E-state index contributed by atoms with van der Waals surface area (Å²) in [5.74, 6) is 0.995. The third-order valence-corrected chi connectivity index (χ3v) is 2.83. The topological polar surface area (TPSA) is 47.0 Å². The van der Waals surface area contributed by atoms with E-state index in [1.807, 2.05) is 6.92 Å². The number of hydrogen-bond acceptors (Lipinski definition) is 4. The second-order valence-electron chi connectivity index (χ2n) is 4.21. The van der Waals surface area contributed by atoms with E-state index in [9.17, 15) is 0 Å². The average molecular weight is 221 g/mol. The van der Waals surface area contributed by atoms with Crippen molar-refractivity contribution in [2.24, 2.45) is 0 Å². The Hall–Kier alpha value is -1.16. The van der Waals surface area contributed by atoms with Crippen molar-refractivity contribution in [3.63, 3.8) is 0 Å². The average Bonchev–Trinajstić information content (AvgIpc) is 2.75. The second kappa shape index (κ2) is 5.25. The van der Waals surface area contributed by atoms with Gasteiger partial charge < -0.3 is 10.1 Å². The molecule has 0 saturated carbocycles. The van der Waals surface area contributed by atoms with Crippen molar-refractivity contribution >= 4 is 5.82 Å². The number of ether oxygens (including phenoxy) is 1. The number of nitrogens with one attached hydrogen (secondary N) is 1. The molecule has 16 heavy (non-hydrogen) atoms. The van der Waals surface area contributed by atoms with Gasteiger partial charge in [-0.3, -0.25) is 0 Å². The largest absolute Gasteiger partial charge is 0.380 e. The summed E-state index contributed by atoms with van der Waals surface area (Å²) in [5.41, 5.74) is 2.51. The Kier molecular flexibility index (Phi) is 3.72. The fourth-order valence-electron chi connectivity index (χ4n) is 2.05. The van der Waals surface area contributed by atoms with Gasteiger partial charge in [-0.15, -0.1) is 0 Å². The van der Waals surface area contributed by atoms with Gasteiger partial charge in [0.15, 0.2) is 0 Å². The molecule has 0 spiro atoms. The molecule has 1 aromatic heterocycles. The maximum absolute atomic E-state index is 5.38. The summed E-state index contributed by atoms with van der Waals surface area (Å²) >= 11 is 0. The third-order valence-electron chi connectivity index (χ3n) is 2.83. The Morgan fingerprint density at radius 1 is 1.44 bits per heavy atom. The number of fused-ring (bicyclic) bond motifs is 1. The fraction of sp³-hybridized carbons (Fsp3) is 0.667. The Labute approximate surface area is 96.4 Å². The summed E-state index contributed by atoms with van der Waals surface area (Å²) in [6.45, 7) is 5.59. The van der Waals surface area contributed by atoms with Crippen molar-refractivity contribution in [1.29, 1.82) is 0 Å². The predicted octanol–water partition coefficient (Wildman–Crippen LogP) is 1.80. The molecule has 1 N–H and O–H groups in total. The summed E-state index contributed by atoms with van der Waals surface area (Å²) in [5, 5.41) is 3.40. The van der Waals surface area contributed by atoms with Gasteiger partial charge in [0.1, 0.15) is 12.1 Å². The molecule has 1 aliphatic rings. The van der Waals surface area contributed by atoms with Gasteiger partial charge in [-0.25, -0.2) is 9.97 Å². The standard InChI is InChI=1S/C12H19N3O/c1-3-16-7-9(2)15-12-10-5-4-6-11(10)13-8-14-12/h8-9H,3-7H2,1-2H3,(H,13,14,15). The normalized spacial score (nSPS) is 15.9. The highest BCUT2D eigenvalue weighted by molar-refractivity contribution is 5.48. The lowest BCUT2D eigenvalue weighted by atomic mass is 10.2. The minimum atomic E-state index is 0.291. The molecule has 0 saturated heterocycles. The van der Waals surface area contributed by atoms with E-state index in [1.54, 1.807) is 6.33 Å². The SMILES string of the molecule is CCOCC(C)Nc1ncnc2c1CCC2. The van der Waals surface area contributed by atoms with Crippen LogP contribution >= 0.6 is 0 Å². The van der Waals surface area contributed by atoms with Crippen LogP contribution in [0.5, 0.6) is 0 Å². The summed E-state index contributed by atoms with van der Waals surface area (Å²) in [6.07, 6.45) is 5.04. The maximum Gasteiger partial charge on any atom is 0.133 e. The molecular formula is C12H19N3O. The van der Waals surface area contributed by atoms with Crippen molar-refractivity contribution in [1.82, 2.24) is 9.97 Å². The molecule has 0 fully saturated rings. The van der Waals surface area contributed by atoms with Crippen LogP contribution < -0.4 is 5.32 Å². The van der Waals surface area contributed by atoms with Crippen molar-refractivity contribution in [3.05, 3.63) is 17.6 Å². The molecule has 0 aromatic carbocycles. The zero-order valence-electron chi connectivity index (χ0n) is 9.99. The number of aromatic nitrogens is 2. The molecule has 1 aromatic rings. The molecule has 4 nitrogen and oxygen atoms in total. The van der Waals surface area contributed by atoms with Crippen LogP contribution in [0.3, 0.4) is 0 Å². The van der Waals surface area contributed by atoms with Crippen LogP contribution in [0.4, 0.5) is 5.82 Å². The molecule has 2 rings (SSSR count). The number of rotatable bonds is 5. The highest BCUT2D eigenvalue weighted by Gasteiger charge is 2.17. The number of anilines is 1. The number of aryl methyl sites for hydroxylation is 1. The van der Waals surface area contributed by atoms with Crippen molar-refractivity contribution in [2.75, 3.05) is 18.5 Å². The first-order chi connectivity index (χ1) is 7.81. The third kappa shape index (κ3) is 2.50. The first kappa shape index (κ1) is 11.3. The predicted molar refractivity (Wildman–Crippen MR) is 63.6 cm³/mol. The molecule has 0 bridgehead atoms. The first-order valence-electron chi connectivity index (χ1n) is 5.98. The molecule has 1 aliphatic carbocycles. The first-order valence-corrected chi connectivity index (χ1v) is 5.98. The minimum Gasteiger partial charge on any atom is -0.380 e. The van der Waals surface area contributed by atoms with E-state index in [-0.39, 0.29) is 0 Å². The molecule has 1 unspecified atom stereocenters. The van der Waals surface area contributed by atoms with E-state index in [0.29, 0.717) is 6.04 Å². The lowest BCUT2D eigenvalue weighted by molar-refractivity contribution is 0.141. The fourth-order valence-corrected chi connectivity index (χ4v) is 2.05. The van der Waals surface area contributed by atoms with E-state index in [2.05, 4.69) is 22.2 Å². The Morgan fingerprint density at radius 2 is 2.31 bits per heavy atom. The van der Waals surface area contributed by atoms with Crippen LogP contribution in [-0.2, 0) is 17.6 Å². The van der Waals surface area contributed by atoms with Crippen molar-refractivity contribution < 1.29 is 4.74 Å². The molecule has 0 radical (unpaired) electrons. The molecular weight excluding hydrogens is 202 g/mol. The summed E-state index contributed by atoms with van der Waals surface area (Å²) in [7, 11) is 0. The minimum absolute atomic E-state index is 0.291. The van der Waals surface area contributed by atoms with E-state index in [0.717, 1.165) is 31.9 Å². The van der Waals surface area contributed by atoms with E-state index >= 15 is 0 Å². The van der Waals surface area contributed by atoms with Gasteiger partial charge in [-0.1, -0.05) is 0 Å². The van der Waals surface area contributed by atoms with Crippen LogP contribution in [0, 0.1) is 0 Å². The maximum atomic E-state index is 5.38. The van der Waals surface area contributed by atoms with E-state index in [4.69, 9.17) is 4.74 Å². The van der Waals surface area contributed by atoms with Crippen LogP contribution in [0.15, 0.2) is 6.33 Å². The zero-order chi connectivity index (χ0) is 11.4. The summed E-state index contributed by atoms with van der Waals surface area (Å²) in [6, 6.07) is 0.291. The van der Waals surface area contributed by atoms with Crippen molar-refractivity contribution in [3.8, 4) is 0 Å². The molecule has 1 atom stereocenters. The monoisotopic (exact) mass is 221 g/mol. The highest BCUT2D eigenvalue weighted by Crippen LogP contribution is 2.25. The Balaban J connectivity index is 2.01. The molecule has 88 valence electrons. The quantitative estimate of drug-likeness (QED) is 0.823. The van der Waals surface area contributed by atoms with Crippen molar-refractivity contribution in [2.45, 2.75) is 39.2 Å². The highest BCUT2D eigenvalue weighted by atomic mass is 16.5. The van der Waals surface area contributed by atoms with Crippen LogP contribution in [0.25, 0.3) is 0 Å². The van der Waals surface area contributed by atoms with Gasteiger partial charge in [-0.2, -0.15) is 0 Å². The molecule has 0 aliphatic heterocycles. The van der Waals surface area contributed by atoms with Crippen LogP contribution in [0.2, 0.25) is 0 Å². The number of hydrogen-bond donors (Lipinski definition) is 1. The van der Waals surface area contributed by atoms with Gasteiger partial charge in [-0.05, 0) is 33.1 Å². The molecule has 0 amide bonds. The van der Waals surface area contributed by atoms with Gasteiger partial charge in [0.25, 0.3) is 0 Å². The van der Waals surface area contributed by atoms with E-state index in [1.165, 1.54) is 17.7 Å². The molecule has 4 heteroatoms. The smallest absolute Gasteiger partial charge is 0.133 e. The molecule has 1 heterocycles. The van der Waals surface area contributed by atoms with Gasteiger partial charge in [0.05, 0.1) is 6.61 Å². The van der Waals surface area contributed by atoms with E-state index < -0.39 is 0 Å². The lowest BCUT2D eigenvalue weighted by Crippen LogP contribution is -2.23. The summed E-state index contributed by atoms with van der Waals surface area (Å²) < 4.78 is 5.38. The van der Waals surface area contributed by atoms with Crippen LogP contribution in [0.1, 0.15) is 31.5 Å². The van der Waals surface area contributed by atoms with Crippen LogP contribution in [-0.4, -0.2) is 29.2 Å². The van der Waals surface area contributed by atoms with Gasteiger partial charge in [0, 0.05) is 23.9 Å². The Bertz CT molecular complexity index is 354. The zero-order valence-corrected chi connectivity index (χ0v) is 9.99. The Morgan fingerprint density at radius 3 is 3.12 bits per heavy atom. The summed E-state index contributed by atoms with van der Waals surface area (Å²) in [4.78, 5) is 8.63. The second-order valence-corrected chi connectivity index (χ2v) is 4.21. The lowest BCUT2D eigenvalue weighted by Gasteiger charge is -2.16. The number of nitrogens with zero attached hydrogens (tertiary/aromatic N) is 2. The van der Waals surface area contributed by atoms with Gasteiger partial charge >= 0.3 is 0 Å².